The molecule has 0 aliphatic rings. The van der Waals surface area contributed by atoms with E-state index >= 15 is 0 Å². The summed E-state index contributed by atoms with van der Waals surface area (Å²) in [6, 6.07) is 34.0. The van der Waals surface area contributed by atoms with Crippen molar-refractivity contribution >= 4 is 0 Å². The van der Waals surface area contributed by atoms with Crippen molar-refractivity contribution < 1.29 is 32.5 Å². The van der Waals surface area contributed by atoms with Gasteiger partial charge >= 0.3 is 6.18 Å². The van der Waals surface area contributed by atoms with Gasteiger partial charge in [-0.15, -0.1) is 0 Å². The van der Waals surface area contributed by atoms with Gasteiger partial charge in [-0.25, -0.2) is 0 Å². The topological polar surface area (TPSA) is 47.9 Å². The van der Waals surface area contributed by atoms with Crippen LogP contribution in [0.25, 0.3) is 11.1 Å². The number of phenolic OH excluding ortho intramolecular Hbond substituents is 1. The van der Waals surface area contributed by atoms with Gasteiger partial charge in [-0.3, -0.25) is 0 Å². The van der Waals surface area contributed by atoms with E-state index in [1.807, 2.05) is 36.4 Å². The second kappa shape index (κ2) is 11.9. The maximum Gasteiger partial charge on any atom is 0.420 e. The van der Waals surface area contributed by atoms with E-state index < -0.39 is 17.5 Å². The number of halogens is 3. The highest BCUT2D eigenvalue weighted by Crippen LogP contribution is 2.47. The van der Waals surface area contributed by atoms with Crippen LogP contribution in [-0.2, 0) is 19.4 Å². The van der Waals surface area contributed by atoms with Crippen LogP contribution in [0.3, 0.4) is 0 Å². The zero-order chi connectivity index (χ0) is 28.0. The van der Waals surface area contributed by atoms with Gasteiger partial charge in [0.1, 0.15) is 47.5 Å². The summed E-state index contributed by atoms with van der Waals surface area (Å²) < 4.78 is 60.2. The van der Waals surface area contributed by atoms with E-state index in [2.05, 4.69) is 0 Å². The molecule has 202 valence electrons. The summed E-state index contributed by atoms with van der Waals surface area (Å²) in [4.78, 5) is 0. The quantitative estimate of drug-likeness (QED) is 0.202. The molecule has 0 heterocycles. The van der Waals surface area contributed by atoms with Crippen LogP contribution >= 0.6 is 0 Å². The first-order valence-electron chi connectivity index (χ1n) is 12.5. The van der Waals surface area contributed by atoms with Crippen LogP contribution in [-0.4, -0.2) is 5.11 Å². The first kappa shape index (κ1) is 26.7. The minimum absolute atomic E-state index is 0.0532. The van der Waals surface area contributed by atoms with E-state index in [0.717, 1.165) is 17.2 Å². The summed E-state index contributed by atoms with van der Waals surface area (Å²) in [5, 5.41) is 10.6. The summed E-state index contributed by atoms with van der Waals surface area (Å²) >= 11 is 0. The maximum absolute atomic E-state index is 14.3. The van der Waals surface area contributed by atoms with E-state index in [0.29, 0.717) is 23.9 Å². The van der Waals surface area contributed by atoms with Crippen LogP contribution in [0.5, 0.6) is 28.7 Å². The Morgan fingerprint density at radius 2 is 1.18 bits per heavy atom. The van der Waals surface area contributed by atoms with Crippen molar-refractivity contribution in [1.82, 2.24) is 0 Å². The highest BCUT2D eigenvalue weighted by molar-refractivity contribution is 5.77. The van der Waals surface area contributed by atoms with E-state index in [4.69, 9.17) is 14.2 Å². The molecule has 7 heteroatoms. The number of aromatic hydroxyl groups is 1. The number of alkyl halides is 3. The molecule has 0 saturated heterocycles. The molecule has 4 nitrogen and oxygen atoms in total. The highest BCUT2D eigenvalue weighted by Gasteiger charge is 2.39. The molecule has 0 aliphatic heterocycles. The van der Waals surface area contributed by atoms with Gasteiger partial charge in [-0.1, -0.05) is 72.8 Å². The zero-order valence-electron chi connectivity index (χ0n) is 21.3. The molecule has 0 unspecified atom stereocenters. The van der Waals surface area contributed by atoms with Crippen molar-refractivity contribution in [1.29, 1.82) is 0 Å². The Labute approximate surface area is 229 Å². The summed E-state index contributed by atoms with van der Waals surface area (Å²) in [5.41, 5.74) is 0.455. The fourth-order valence-corrected chi connectivity index (χ4v) is 4.20. The Morgan fingerprint density at radius 3 is 1.80 bits per heavy atom. The SMILES string of the molecule is Oc1ccc(OCc2ccccc2)c(C(F)(F)F)c1-c1cccc(Oc2ccc(OCc3ccccc3)cc2)c1. The van der Waals surface area contributed by atoms with E-state index in [9.17, 15) is 18.3 Å². The lowest BCUT2D eigenvalue weighted by Gasteiger charge is -2.19. The first-order valence-corrected chi connectivity index (χ1v) is 12.5. The Balaban J connectivity index is 1.37. The first-order chi connectivity index (χ1) is 19.4. The molecule has 0 spiro atoms. The van der Waals surface area contributed by atoms with Gasteiger partial charge in [0, 0.05) is 5.56 Å². The van der Waals surface area contributed by atoms with Gasteiger partial charge in [-0.05, 0) is 65.2 Å². The zero-order valence-corrected chi connectivity index (χ0v) is 21.3. The van der Waals surface area contributed by atoms with Gasteiger partial charge in [0.25, 0.3) is 0 Å². The molecule has 0 bridgehead atoms. The number of phenols is 1. The van der Waals surface area contributed by atoms with Gasteiger partial charge in [0.2, 0.25) is 0 Å². The average Bonchev–Trinajstić information content (AvgIpc) is 2.97. The maximum atomic E-state index is 14.3. The molecular weight excluding hydrogens is 517 g/mol. The standard InChI is InChI=1S/C33H25F3O4/c34-33(35,36)32-30(39-22-24-10-5-2-6-11-24)19-18-29(37)31(32)25-12-7-13-28(20-25)40-27-16-14-26(15-17-27)38-21-23-8-3-1-4-9-23/h1-20,37H,21-22H2. The van der Waals surface area contributed by atoms with Crippen molar-refractivity contribution in [2.24, 2.45) is 0 Å². The molecule has 1 N–H and O–H groups in total. The third-order valence-electron chi connectivity index (χ3n) is 6.10. The summed E-state index contributed by atoms with van der Waals surface area (Å²) in [6.45, 7) is 0.366. The number of hydrogen-bond acceptors (Lipinski definition) is 4. The lowest BCUT2D eigenvalue weighted by atomic mass is 9.97. The number of rotatable bonds is 9. The van der Waals surface area contributed by atoms with Crippen LogP contribution in [0.15, 0.2) is 121 Å². The third-order valence-corrected chi connectivity index (χ3v) is 6.10. The van der Waals surface area contributed by atoms with Gasteiger partial charge < -0.3 is 19.3 Å². The van der Waals surface area contributed by atoms with Gasteiger partial charge in [0.15, 0.2) is 0 Å². The molecule has 5 rings (SSSR count). The highest BCUT2D eigenvalue weighted by atomic mass is 19.4. The van der Waals surface area contributed by atoms with E-state index in [1.54, 1.807) is 60.7 Å². The second-order valence-corrected chi connectivity index (χ2v) is 8.98. The van der Waals surface area contributed by atoms with Gasteiger partial charge in [0.05, 0.1) is 0 Å². The molecule has 5 aromatic carbocycles. The molecule has 0 aliphatic carbocycles. The van der Waals surface area contributed by atoms with Crippen LogP contribution in [0, 0.1) is 0 Å². The van der Waals surface area contributed by atoms with Crippen LogP contribution in [0.4, 0.5) is 13.2 Å². The molecule has 0 fully saturated rings. The Morgan fingerprint density at radius 1 is 0.575 bits per heavy atom. The number of benzene rings is 5. The monoisotopic (exact) mass is 542 g/mol. The van der Waals surface area contributed by atoms with E-state index in [1.165, 1.54) is 18.2 Å². The molecule has 0 saturated carbocycles. The Hall–Kier alpha value is -4.91. The van der Waals surface area contributed by atoms with Crippen LogP contribution < -0.4 is 14.2 Å². The number of ether oxygens (including phenoxy) is 3. The molecule has 5 aromatic rings. The lowest BCUT2D eigenvalue weighted by molar-refractivity contribution is -0.138. The van der Waals surface area contributed by atoms with Gasteiger partial charge in [-0.2, -0.15) is 13.2 Å². The smallest absolute Gasteiger partial charge is 0.420 e. The van der Waals surface area contributed by atoms with Crippen molar-refractivity contribution in [3.8, 4) is 39.9 Å². The summed E-state index contributed by atoms with van der Waals surface area (Å²) in [6.07, 6.45) is -4.79. The van der Waals surface area contributed by atoms with Crippen LogP contribution in [0.2, 0.25) is 0 Å². The van der Waals surface area contributed by atoms with E-state index in [-0.39, 0.29) is 23.5 Å². The molecule has 0 atom stereocenters. The van der Waals surface area contributed by atoms with Crippen molar-refractivity contribution in [2.45, 2.75) is 19.4 Å². The van der Waals surface area contributed by atoms with Crippen molar-refractivity contribution in [3.05, 3.63) is 138 Å². The Bertz CT molecular complexity index is 1550. The fourth-order valence-electron chi connectivity index (χ4n) is 4.20. The predicted molar refractivity (Wildman–Crippen MR) is 147 cm³/mol. The number of hydrogen-bond donors (Lipinski definition) is 1. The lowest BCUT2D eigenvalue weighted by Crippen LogP contribution is -2.11. The minimum atomic E-state index is -4.79. The normalized spacial score (nSPS) is 11.2. The third kappa shape index (κ3) is 6.56. The largest absolute Gasteiger partial charge is 0.507 e. The summed E-state index contributed by atoms with van der Waals surface area (Å²) in [5.74, 6) is 0.540. The predicted octanol–water partition coefficient (Wildman–Crippen LogP) is 9.03. The second-order valence-electron chi connectivity index (χ2n) is 8.98. The van der Waals surface area contributed by atoms with Crippen molar-refractivity contribution in [2.75, 3.05) is 0 Å². The molecule has 0 amide bonds. The fraction of sp³-hybridized carbons (Fsp3) is 0.0909. The molecule has 0 radical (unpaired) electrons. The summed E-state index contributed by atoms with van der Waals surface area (Å²) in [7, 11) is 0. The minimum Gasteiger partial charge on any atom is -0.507 e. The molecule has 40 heavy (non-hydrogen) atoms. The Kier molecular flexibility index (Phi) is 7.92. The van der Waals surface area contributed by atoms with Crippen molar-refractivity contribution in [3.63, 3.8) is 0 Å². The van der Waals surface area contributed by atoms with Crippen LogP contribution in [0.1, 0.15) is 16.7 Å². The molecular formula is C33H25F3O4. The average molecular weight is 543 g/mol. The molecule has 0 aromatic heterocycles.